The van der Waals surface area contributed by atoms with E-state index in [1.165, 1.54) is 5.39 Å². The average Bonchev–Trinajstić information content (AvgIpc) is 3.74. The van der Waals surface area contributed by atoms with Gasteiger partial charge in [-0.15, -0.1) is 0 Å². The van der Waals surface area contributed by atoms with Gasteiger partial charge in [-0.1, -0.05) is 11.8 Å². The van der Waals surface area contributed by atoms with E-state index in [1.807, 2.05) is 12.1 Å². The number of phenolic OH excluding ortho intramolecular Hbond substituents is 4. The molecule has 4 heterocycles. The summed E-state index contributed by atoms with van der Waals surface area (Å²) in [6.45, 7) is 0.555. The van der Waals surface area contributed by atoms with Gasteiger partial charge in [0.05, 0.1) is 27.1 Å². The molecule has 0 unspecified atom stereocenters. The van der Waals surface area contributed by atoms with Crippen molar-refractivity contribution in [2.75, 3.05) is 13.6 Å². The van der Waals surface area contributed by atoms with Crippen LogP contribution in [-0.2, 0) is 7.05 Å². The first-order chi connectivity index (χ1) is 23.0. The van der Waals surface area contributed by atoms with Crippen molar-refractivity contribution in [2.24, 2.45) is 7.05 Å². The Morgan fingerprint density at radius 1 is 0.750 bits per heavy atom. The minimum absolute atomic E-state index is 0.275. The second kappa shape index (κ2) is 10.1. The van der Waals surface area contributed by atoms with E-state index in [0.717, 1.165) is 56.1 Å². The number of nitrogens with zero attached hydrogens (tertiary/aromatic N) is 1. The highest BCUT2D eigenvalue weighted by atomic mass is 16.7. The number of carboxylic acid groups (broad SMARTS) is 1. The van der Waals surface area contributed by atoms with Crippen molar-refractivity contribution in [1.82, 2.24) is 0 Å². The first-order valence-corrected chi connectivity index (χ1v) is 14.2. The van der Waals surface area contributed by atoms with E-state index in [4.69, 9.17) is 23.4 Å². The zero-order valence-electron chi connectivity index (χ0n) is 24.6. The van der Waals surface area contributed by atoms with Crippen LogP contribution in [0.5, 0.6) is 51.7 Å². The zero-order chi connectivity index (χ0) is 33.6. The fourth-order valence-electron chi connectivity index (χ4n) is 6.25. The molecular weight excluding hydrogens is 630 g/mol. The number of rotatable bonds is 1. The molecule has 0 saturated carbocycles. The van der Waals surface area contributed by atoms with Gasteiger partial charge in [-0.05, 0) is 53.2 Å². The minimum atomic E-state index is -1.58. The number of aryl methyl sites for hydroxylation is 1. The van der Waals surface area contributed by atoms with E-state index in [9.17, 15) is 40.2 Å². The van der Waals surface area contributed by atoms with Gasteiger partial charge >= 0.3 is 11.6 Å². The van der Waals surface area contributed by atoms with Crippen LogP contribution in [0.3, 0.4) is 0 Å². The molecule has 240 valence electrons. The molecule has 2 aliphatic rings. The normalized spacial score (nSPS) is 13.0. The van der Waals surface area contributed by atoms with E-state index < -0.39 is 67.6 Å². The maximum absolute atomic E-state index is 12.2. The lowest BCUT2D eigenvalue weighted by molar-refractivity contribution is -0.642. The van der Waals surface area contributed by atoms with Crippen molar-refractivity contribution in [3.8, 4) is 51.7 Å². The summed E-state index contributed by atoms with van der Waals surface area (Å²) < 4.78 is 29.2. The smallest absolute Gasteiger partial charge is 0.344 e. The molecule has 48 heavy (non-hydrogen) atoms. The Bertz CT molecular complexity index is 2650. The third kappa shape index (κ3) is 4.02. The Labute approximate surface area is 266 Å². The number of hydrogen-bond acceptors (Lipinski definition) is 12. The summed E-state index contributed by atoms with van der Waals surface area (Å²) in [4.78, 5) is 23.3. The van der Waals surface area contributed by atoms with Crippen molar-refractivity contribution < 1.29 is 63.4 Å². The van der Waals surface area contributed by atoms with Crippen LogP contribution >= 0.6 is 0 Å². The van der Waals surface area contributed by atoms with Crippen LogP contribution in [0.1, 0.15) is 10.4 Å². The van der Waals surface area contributed by atoms with Crippen molar-refractivity contribution in [3.63, 3.8) is 0 Å². The molecule has 5 N–H and O–H groups in total. The Morgan fingerprint density at radius 2 is 1.44 bits per heavy atom. The molecule has 2 aliphatic heterocycles. The van der Waals surface area contributed by atoms with E-state index in [2.05, 4.69) is 42.1 Å². The van der Waals surface area contributed by atoms with Gasteiger partial charge in [-0.25, -0.2) is 9.59 Å². The summed E-state index contributed by atoms with van der Waals surface area (Å²) >= 11 is 0. The number of ether oxygens (including phenoxy) is 4. The second-order valence-electron chi connectivity index (χ2n) is 11.1. The van der Waals surface area contributed by atoms with Crippen LogP contribution in [0.2, 0.25) is 0 Å². The first kappa shape index (κ1) is 28.6. The van der Waals surface area contributed by atoms with E-state index in [1.54, 1.807) is 0 Å². The molecule has 0 amide bonds. The number of carboxylic acids is 1. The maximum Gasteiger partial charge on any atom is 0.344 e. The van der Waals surface area contributed by atoms with E-state index in [-0.39, 0.29) is 13.6 Å². The fraction of sp³-hybridized carbons (Fsp3) is 0.0882. The summed E-state index contributed by atoms with van der Waals surface area (Å²) in [6.07, 6.45) is 2.11. The van der Waals surface area contributed by atoms with Crippen LogP contribution in [0.4, 0.5) is 0 Å². The Balaban J connectivity index is 0.000000141. The number of hydrogen-bond donors (Lipinski definition) is 5. The predicted octanol–water partition coefficient (Wildman–Crippen LogP) is 3.97. The molecule has 0 bridgehead atoms. The van der Waals surface area contributed by atoms with Gasteiger partial charge in [0, 0.05) is 10.8 Å². The SMILES string of the molecule is C[n+]1cc2c3c(ccc2c2ccc4cc5c(cc4c21)OCO5)OCO3.O=C(O)c1cc(O)c(O)c2oc(=O)c3cc(O)c(O)c([O-])c3c12. The monoisotopic (exact) mass is 651 g/mol. The van der Waals surface area contributed by atoms with Gasteiger partial charge in [-0.2, -0.15) is 4.57 Å². The Kier molecular flexibility index (Phi) is 6.02. The number of aromatic nitrogens is 1. The molecule has 14 heteroatoms. The van der Waals surface area contributed by atoms with Gasteiger partial charge in [0.15, 0.2) is 46.3 Å². The highest BCUT2D eigenvalue weighted by Crippen LogP contribution is 2.46. The molecule has 0 fully saturated rings. The quantitative estimate of drug-likeness (QED) is 0.0737. The molecule has 0 radical (unpaired) electrons. The molecule has 0 spiro atoms. The van der Waals surface area contributed by atoms with E-state index in [0.29, 0.717) is 6.07 Å². The zero-order valence-corrected chi connectivity index (χ0v) is 24.6. The highest BCUT2D eigenvalue weighted by molar-refractivity contribution is 6.19. The Morgan fingerprint density at radius 3 is 2.21 bits per heavy atom. The first-order valence-electron chi connectivity index (χ1n) is 14.2. The molecule has 9 rings (SSSR count). The fourth-order valence-corrected chi connectivity index (χ4v) is 6.25. The van der Waals surface area contributed by atoms with Gasteiger partial charge < -0.3 is 54.0 Å². The number of aromatic carboxylic acids is 1. The van der Waals surface area contributed by atoms with E-state index >= 15 is 0 Å². The summed E-state index contributed by atoms with van der Waals surface area (Å²) in [7, 11) is 2.06. The maximum atomic E-state index is 12.2. The number of pyridine rings is 1. The second-order valence-corrected chi connectivity index (χ2v) is 11.1. The highest BCUT2D eigenvalue weighted by Gasteiger charge is 2.25. The standard InChI is InChI=1S/C20H14NO4.C14H8O9/c1-21-8-15-12(4-5-16-20(15)25-10-22-16)13-3-2-11-6-17-18(24-9-23-17)7-14(11)19(13)21;15-5-2-4-7(11(19)9(5)17)8-3(13(20)21)1-6(16)10(18)12(8)23-14(4)22/h2-8H,9-10H2,1H3;1-2,15-19H,(H,20,21)/q+1;/p-1. The number of carbonyl (C=O) groups is 1. The number of aromatic hydroxyl groups is 4. The summed E-state index contributed by atoms with van der Waals surface area (Å²) in [5.41, 5.74) is -1.37. The molecule has 5 aromatic carbocycles. The predicted molar refractivity (Wildman–Crippen MR) is 165 cm³/mol. The van der Waals surface area contributed by atoms with Crippen molar-refractivity contribution >= 4 is 60.2 Å². The van der Waals surface area contributed by atoms with Crippen LogP contribution in [0.15, 0.2) is 63.9 Å². The number of benzene rings is 5. The van der Waals surface area contributed by atoms with Crippen LogP contribution in [0.25, 0.3) is 54.2 Å². The molecular formula is C34H21NO13. The van der Waals surface area contributed by atoms with Crippen LogP contribution < -0.4 is 34.2 Å². The molecule has 0 atom stereocenters. The lowest BCUT2D eigenvalue weighted by Crippen LogP contribution is -2.28. The lowest BCUT2D eigenvalue weighted by atomic mass is 10.00. The molecule has 0 aliphatic carbocycles. The number of phenols is 4. The minimum Gasteiger partial charge on any atom is -0.869 e. The third-order valence-electron chi connectivity index (χ3n) is 8.39. The molecule has 14 nitrogen and oxygen atoms in total. The lowest BCUT2D eigenvalue weighted by Gasteiger charge is -2.16. The largest absolute Gasteiger partial charge is 0.869 e. The van der Waals surface area contributed by atoms with Crippen molar-refractivity contribution in [3.05, 3.63) is 70.7 Å². The average molecular weight is 652 g/mol. The van der Waals surface area contributed by atoms with Crippen molar-refractivity contribution in [2.45, 2.75) is 0 Å². The Hall–Kier alpha value is -6.83. The van der Waals surface area contributed by atoms with Gasteiger partial charge in [0.2, 0.25) is 24.9 Å². The van der Waals surface area contributed by atoms with Crippen LogP contribution in [-0.4, -0.2) is 45.1 Å². The topological polar surface area (TPSA) is 212 Å². The van der Waals surface area contributed by atoms with Crippen molar-refractivity contribution in [1.29, 1.82) is 0 Å². The third-order valence-corrected chi connectivity index (χ3v) is 8.39. The summed E-state index contributed by atoms with van der Waals surface area (Å²) in [5, 5.41) is 63.8. The van der Waals surface area contributed by atoms with Gasteiger partial charge in [0.25, 0.3) is 0 Å². The molecule has 0 saturated heterocycles. The van der Waals surface area contributed by atoms with Crippen LogP contribution in [0, 0.1) is 0 Å². The summed E-state index contributed by atoms with van der Waals surface area (Å²) in [5.74, 6) is -3.34. The van der Waals surface area contributed by atoms with Gasteiger partial charge in [-0.3, -0.25) is 0 Å². The molecule has 7 aromatic rings. The molecule has 2 aromatic heterocycles. The van der Waals surface area contributed by atoms with Gasteiger partial charge in [0.1, 0.15) is 12.8 Å². The number of fused-ring (bicyclic) bond motifs is 11. The summed E-state index contributed by atoms with van der Waals surface area (Å²) in [6, 6.07) is 13.9.